The summed E-state index contributed by atoms with van der Waals surface area (Å²) >= 11 is 0. The summed E-state index contributed by atoms with van der Waals surface area (Å²) in [5.74, 6) is 0.732. The molecule has 9 nitrogen and oxygen atoms in total. The summed E-state index contributed by atoms with van der Waals surface area (Å²) in [6, 6.07) is 10.6. The Hall–Kier alpha value is -3.49. The largest absolute Gasteiger partial charge is 0.491 e. The van der Waals surface area contributed by atoms with Crippen LogP contribution in [0.5, 0.6) is 5.75 Å². The molecule has 0 bridgehead atoms. The number of ether oxygens (including phenoxy) is 1. The number of anilines is 1. The molecule has 0 aliphatic carbocycles. The van der Waals surface area contributed by atoms with Gasteiger partial charge in [-0.05, 0) is 56.7 Å². The molecule has 0 saturated heterocycles. The first kappa shape index (κ1) is 18.8. The van der Waals surface area contributed by atoms with Crippen LogP contribution in [0.15, 0.2) is 47.6 Å². The van der Waals surface area contributed by atoms with E-state index in [2.05, 4.69) is 10.5 Å². The molecule has 0 saturated carbocycles. The molecule has 0 aromatic heterocycles. The van der Waals surface area contributed by atoms with Crippen LogP contribution in [0.4, 0.5) is 17.1 Å². The van der Waals surface area contributed by atoms with Crippen molar-refractivity contribution in [3.05, 3.63) is 68.3 Å². The van der Waals surface area contributed by atoms with Gasteiger partial charge in [0, 0.05) is 6.07 Å². The molecule has 0 spiro atoms. The van der Waals surface area contributed by atoms with Crippen molar-refractivity contribution in [1.29, 1.82) is 0 Å². The predicted molar refractivity (Wildman–Crippen MR) is 97.8 cm³/mol. The van der Waals surface area contributed by atoms with E-state index in [9.17, 15) is 20.2 Å². The zero-order chi connectivity index (χ0) is 19.3. The summed E-state index contributed by atoms with van der Waals surface area (Å²) in [7, 11) is 0. The lowest BCUT2D eigenvalue weighted by Gasteiger charge is -2.10. The van der Waals surface area contributed by atoms with Crippen LogP contribution < -0.4 is 10.2 Å². The summed E-state index contributed by atoms with van der Waals surface area (Å²) in [5, 5.41) is 26.0. The van der Waals surface area contributed by atoms with E-state index < -0.39 is 15.5 Å². The highest BCUT2D eigenvalue weighted by Gasteiger charge is 2.19. The van der Waals surface area contributed by atoms with E-state index in [0.717, 1.165) is 17.4 Å². The number of hydrazone groups is 1. The van der Waals surface area contributed by atoms with Crippen molar-refractivity contribution in [3.63, 3.8) is 0 Å². The third kappa shape index (κ3) is 4.76. The quantitative estimate of drug-likeness (QED) is 0.451. The molecule has 0 radical (unpaired) electrons. The SMILES string of the molecule is CC(=NNc1ccc([N+](=O)[O-])cc1[N+](=O)[O-])c1ccc(OC(C)C)cc1. The minimum Gasteiger partial charge on any atom is -0.491 e. The van der Waals surface area contributed by atoms with Crippen LogP contribution in [0, 0.1) is 20.2 Å². The van der Waals surface area contributed by atoms with Crippen molar-refractivity contribution in [3.8, 4) is 5.75 Å². The van der Waals surface area contributed by atoms with Crippen LogP contribution in [-0.2, 0) is 0 Å². The number of nitro benzene ring substituents is 2. The van der Waals surface area contributed by atoms with Gasteiger partial charge in [-0.2, -0.15) is 5.10 Å². The number of non-ortho nitro benzene ring substituents is 1. The summed E-state index contributed by atoms with van der Waals surface area (Å²) in [4.78, 5) is 20.5. The summed E-state index contributed by atoms with van der Waals surface area (Å²) < 4.78 is 5.57. The Labute approximate surface area is 149 Å². The van der Waals surface area contributed by atoms with E-state index in [1.165, 1.54) is 12.1 Å². The van der Waals surface area contributed by atoms with E-state index in [1.54, 1.807) is 6.92 Å². The predicted octanol–water partition coefficient (Wildman–Crippen LogP) is 4.13. The van der Waals surface area contributed by atoms with Crippen molar-refractivity contribution in [2.45, 2.75) is 26.9 Å². The van der Waals surface area contributed by atoms with Crippen LogP contribution >= 0.6 is 0 Å². The average molecular weight is 358 g/mol. The lowest BCUT2D eigenvalue weighted by Crippen LogP contribution is -2.06. The Morgan fingerprint density at radius 1 is 1.08 bits per heavy atom. The van der Waals surface area contributed by atoms with Crippen molar-refractivity contribution in [1.82, 2.24) is 0 Å². The van der Waals surface area contributed by atoms with Gasteiger partial charge in [0.1, 0.15) is 11.4 Å². The molecule has 9 heteroatoms. The Balaban J connectivity index is 2.20. The zero-order valence-electron chi connectivity index (χ0n) is 14.5. The lowest BCUT2D eigenvalue weighted by molar-refractivity contribution is -0.393. The maximum absolute atomic E-state index is 11.1. The molecular weight excluding hydrogens is 340 g/mol. The van der Waals surface area contributed by atoms with Gasteiger partial charge in [-0.3, -0.25) is 25.7 Å². The minimum absolute atomic E-state index is 0.0692. The maximum atomic E-state index is 11.1. The van der Waals surface area contributed by atoms with Crippen LogP contribution in [0.3, 0.4) is 0 Å². The molecule has 1 N–H and O–H groups in total. The minimum atomic E-state index is -0.696. The molecule has 0 amide bonds. The Morgan fingerprint density at radius 3 is 2.27 bits per heavy atom. The number of hydrogen-bond acceptors (Lipinski definition) is 7. The smallest absolute Gasteiger partial charge is 0.301 e. The molecule has 0 unspecified atom stereocenters. The van der Waals surface area contributed by atoms with E-state index in [-0.39, 0.29) is 17.5 Å². The van der Waals surface area contributed by atoms with Gasteiger partial charge in [-0.1, -0.05) is 0 Å². The van der Waals surface area contributed by atoms with Gasteiger partial charge in [0.2, 0.25) is 0 Å². The molecule has 26 heavy (non-hydrogen) atoms. The summed E-state index contributed by atoms with van der Waals surface area (Å²) in [6.07, 6.45) is 0.0694. The topological polar surface area (TPSA) is 120 Å². The highest BCUT2D eigenvalue weighted by atomic mass is 16.6. The third-order valence-electron chi connectivity index (χ3n) is 3.38. The van der Waals surface area contributed by atoms with E-state index in [0.29, 0.717) is 5.71 Å². The van der Waals surface area contributed by atoms with Crippen LogP contribution in [0.25, 0.3) is 0 Å². The van der Waals surface area contributed by atoms with Crippen molar-refractivity contribution in [2.75, 3.05) is 5.43 Å². The molecule has 0 fully saturated rings. The molecular formula is C17H18N4O5. The van der Waals surface area contributed by atoms with Crippen LogP contribution in [0.1, 0.15) is 26.3 Å². The first-order chi connectivity index (χ1) is 12.3. The number of hydrogen-bond donors (Lipinski definition) is 1. The second kappa shape index (κ2) is 8.06. The number of nitrogens with zero attached hydrogens (tertiary/aromatic N) is 3. The second-order valence-corrected chi connectivity index (χ2v) is 5.72. The van der Waals surface area contributed by atoms with E-state index >= 15 is 0 Å². The van der Waals surface area contributed by atoms with Gasteiger partial charge in [-0.15, -0.1) is 0 Å². The van der Waals surface area contributed by atoms with Gasteiger partial charge in [0.05, 0.1) is 27.7 Å². The zero-order valence-corrected chi connectivity index (χ0v) is 14.5. The average Bonchev–Trinajstić information content (AvgIpc) is 2.59. The Bertz CT molecular complexity index is 847. The Morgan fingerprint density at radius 2 is 1.73 bits per heavy atom. The van der Waals surface area contributed by atoms with Gasteiger partial charge < -0.3 is 4.74 Å². The first-order valence-corrected chi connectivity index (χ1v) is 7.78. The van der Waals surface area contributed by atoms with Gasteiger partial charge >= 0.3 is 5.69 Å². The fourth-order valence-electron chi connectivity index (χ4n) is 2.13. The summed E-state index contributed by atoms with van der Waals surface area (Å²) in [5.41, 5.74) is 3.29. The standard InChI is InChI=1S/C17H18N4O5/c1-11(2)26-15-7-4-13(5-8-15)12(3)18-19-16-9-6-14(20(22)23)10-17(16)21(24)25/h4-11,19H,1-3H3. The van der Waals surface area contributed by atoms with Gasteiger partial charge in [0.25, 0.3) is 5.69 Å². The van der Waals surface area contributed by atoms with Crippen molar-refractivity contribution < 1.29 is 14.6 Å². The monoisotopic (exact) mass is 358 g/mol. The number of nitrogens with one attached hydrogen (secondary N) is 1. The maximum Gasteiger partial charge on any atom is 0.301 e. The molecule has 0 aliphatic rings. The third-order valence-corrected chi connectivity index (χ3v) is 3.38. The second-order valence-electron chi connectivity index (χ2n) is 5.72. The molecule has 2 aromatic carbocycles. The van der Waals surface area contributed by atoms with Gasteiger partial charge in [-0.25, -0.2) is 0 Å². The van der Waals surface area contributed by atoms with Crippen molar-refractivity contribution >= 4 is 22.8 Å². The van der Waals surface area contributed by atoms with Crippen LogP contribution in [0.2, 0.25) is 0 Å². The molecule has 2 aromatic rings. The highest BCUT2D eigenvalue weighted by molar-refractivity contribution is 5.99. The number of rotatable bonds is 7. The van der Waals surface area contributed by atoms with Gasteiger partial charge in [0.15, 0.2) is 0 Å². The Kier molecular flexibility index (Phi) is 5.84. The lowest BCUT2D eigenvalue weighted by atomic mass is 10.1. The van der Waals surface area contributed by atoms with E-state index in [4.69, 9.17) is 4.74 Å². The summed E-state index contributed by atoms with van der Waals surface area (Å²) in [6.45, 7) is 5.60. The van der Waals surface area contributed by atoms with Crippen molar-refractivity contribution in [2.24, 2.45) is 5.10 Å². The normalized spacial score (nSPS) is 11.3. The fraction of sp³-hybridized carbons (Fsp3) is 0.235. The fourth-order valence-corrected chi connectivity index (χ4v) is 2.13. The van der Waals surface area contributed by atoms with E-state index in [1.807, 2.05) is 38.1 Å². The molecule has 0 aliphatic heterocycles. The number of benzene rings is 2. The first-order valence-electron chi connectivity index (χ1n) is 7.78. The number of nitro groups is 2. The highest BCUT2D eigenvalue weighted by Crippen LogP contribution is 2.29. The van der Waals surface area contributed by atoms with Crippen LogP contribution in [-0.4, -0.2) is 21.7 Å². The molecule has 0 atom stereocenters. The molecule has 2 rings (SSSR count). The molecule has 0 heterocycles. The molecule has 136 valence electrons.